The summed E-state index contributed by atoms with van der Waals surface area (Å²) < 4.78 is 17.3. The molecular formula is C28H28N2O5S. The number of ether oxygens (including phenoxy) is 3. The van der Waals surface area contributed by atoms with Gasteiger partial charge in [0.05, 0.1) is 23.9 Å². The summed E-state index contributed by atoms with van der Waals surface area (Å²) in [5.74, 6) is 1.39. The molecule has 3 aromatic carbocycles. The minimum Gasteiger partial charge on any atom is -0.487 e. The molecule has 0 saturated heterocycles. The third kappa shape index (κ3) is 5.83. The van der Waals surface area contributed by atoms with E-state index in [0.717, 1.165) is 4.90 Å². The molecule has 1 aliphatic rings. The molecule has 3 aromatic rings. The SMILES string of the molecule is CCOC(=O)C1=C(COc2ccc(SC)cc2)N(C)C(=O)N[C@@H]1c1cccc(Oc2ccccc2)c1. The van der Waals surface area contributed by atoms with Crippen molar-refractivity contribution < 1.29 is 23.8 Å². The zero-order valence-electron chi connectivity index (χ0n) is 20.4. The Bertz CT molecular complexity index is 1240. The number of para-hydroxylation sites is 1. The maximum Gasteiger partial charge on any atom is 0.338 e. The summed E-state index contributed by atoms with van der Waals surface area (Å²) in [6.45, 7) is 1.97. The van der Waals surface area contributed by atoms with Crippen LogP contribution in [0.25, 0.3) is 0 Å². The zero-order chi connectivity index (χ0) is 25.5. The molecule has 4 rings (SSSR count). The molecule has 8 heteroatoms. The molecule has 1 heterocycles. The lowest BCUT2D eigenvalue weighted by molar-refractivity contribution is -0.139. The van der Waals surface area contributed by atoms with Crippen LogP contribution in [0.2, 0.25) is 0 Å². The zero-order valence-corrected chi connectivity index (χ0v) is 21.2. The summed E-state index contributed by atoms with van der Waals surface area (Å²) in [5.41, 5.74) is 1.44. The molecule has 1 aliphatic heterocycles. The van der Waals surface area contributed by atoms with E-state index >= 15 is 0 Å². The largest absolute Gasteiger partial charge is 0.487 e. The average Bonchev–Trinajstić information content (AvgIpc) is 2.90. The lowest BCUT2D eigenvalue weighted by Crippen LogP contribution is -2.48. The Morgan fingerprint density at radius 3 is 2.39 bits per heavy atom. The highest BCUT2D eigenvalue weighted by Crippen LogP contribution is 2.34. The number of hydrogen-bond donors (Lipinski definition) is 1. The smallest absolute Gasteiger partial charge is 0.338 e. The highest BCUT2D eigenvalue weighted by Gasteiger charge is 2.37. The number of esters is 1. The normalized spacial score (nSPS) is 15.4. The molecule has 1 N–H and O–H groups in total. The van der Waals surface area contributed by atoms with Crippen LogP contribution in [-0.2, 0) is 9.53 Å². The van der Waals surface area contributed by atoms with Crippen LogP contribution in [0.4, 0.5) is 4.79 Å². The predicted octanol–water partition coefficient (Wildman–Crippen LogP) is 5.79. The van der Waals surface area contributed by atoms with Crippen LogP contribution < -0.4 is 14.8 Å². The van der Waals surface area contributed by atoms with Gasteiger partial charge in [-0.3, -0.25) is 4.90 Å². The standard InChI is InChI=1S/C28H28N2O5S/c1-4-33-27(31)25-24(18-34-20-13-15-23(36-3)16-14-20)30(2)28(32)29-26(25)19-9-8-12-22(17-19)35-21-10-6-5-7-11-21/h5-17,26H,4,18H2,1-3H3,(H,29,32)/t26-/m1/s1. The highest BCUT2D eigenvalue weighted by molar-refractivity contribution is 7.98. The minimum atomic E-state index is -0.732. The van der Waals surface area contributed by atoms with Gasteiger partial charge in [-0.25, -0.2) is 9.59 Å². The molecule has 186 valence electrons. The first-order valence-electron chi connectivity index (χ1n) is 11.5. The van der Waals surface area contributed by atoms with Crippen molar-refractivity contribution in [3.63, 3.8) is 0 Å². The third-order valence-corrected chi connectivity index (χ3v) is 6.42. The van der Waals surface area contributed by atoms with Crippen molar-refractivity contribution >= 4 is 23.8 Å². The van der Waals surface area contributed by atoms with Gasteiger partial charge in [0.25, 0.3) is 0 Å². The van der Waals surface area contributed by atoms with Crippen molar-refractivity contribution in [3.05, 3.63) is 95.7 Å². The Hall–Kier alpha value is -3.91. The number of rotatable bonds is 9. The lowest BCUT2D eigenvalue weighted by Gasteiger charge is -2.34. The quantitative estimate of drug-likeness (QED) is 0.293. The Balaban J connectivity index is 1.68. The first kappa shape index (κ1) is 25.2. The van der Waals surface area contributed by atoms with E-state index in [1.54, 1.807) is 25.7 Å². The van der Waals surface area contributed by atoms with Gasteiger partial charge in [-0.2, -0.15) is 0 Å². The van der Waals surface area contributed by atoms with Crippen molar-refractivity contribution in [1.82, 2.24) is 10.2 Å². The van der Waals surface area contributed by atoms with Gasteiger partial charge in [0.1, 0.15) is 23.9 Å². The Labute approximate surface area is 215 Å². The maximum absolute atomic E-state index is 13.2. The number of urea groups is 1. The number of amides is 2. The monoisotopic (exact) mass is 504 g/mol. The van der Waals surface area contributed by atoms with Gasteiger partial charge in [-0.15, -0.1) is 11.8 Å². The number of carbonyl (C=O) groups is 2. The summed E-state index contributed by atoms with van der Waals surface area (Å²) in [7, 11) is 1.61. The van der Waals surface area contributed by atoms with E-state index in [-0.39, 0.29) is 19.2 Å². The second-order valence-electron chi connectivity index (χ2n) is 7.97. The van der Waals surface area contributed by atoms with E-state index in [9.17, 15) is 9.59 Å². The van der Waals surface area contributed by atoms with E-state index in [4.69, 9.17) is 14.2 Å². The predicted molar refractivity (Wildman–Crippen MR) is 139 cm³/mol. The molecule has 0 aliphatic carbocycles. The van der Waals surface area contributed by atoms with Crippen molar-refractivity contribution in [2.45, 2.75) is 17.9 Å². The Morgan fingerprint density at radius 2 is 1.69 bits per heavy atom. The molecule has 7 nitrogen and oxygen atoms in total. The fraction of sp³-hybridized carbons (Fsp3) is 0.214. The van der Waals surface area contributed by atoms with Crippen molar-refractivity contribution in [3.8, 4) is 17.2 Å². The summed E-state index contributed by atoms with van der Waals surface area (Å²) in [6.07, 6.45) is 2.00. The second-order valence-corrected chi connectivity index (χ2v) is 8.85. The maximum atomic E-state index is 13.2. The Morgan fingerprint density at radius 1 is 0.972 bits per heavy atom. The number of likely N-dealkylation sites (N-methyl/N-ethyl adjacent to an activating group) is 1. The molecule has 0 unspecified atom stereocenters. The van der Waals surface area contributed by atoms with E-state index in [1.165, 1.54) is 4.90 Å². The van der Waals surface area contributed by atoms with Gasteiger partial charge >= 0.3 is 12.0 Å². The summed E-state index contributed by atoms with van der Waals surface area (Å²) >= 11 is 1.64. The van der Waals surface area contributed by atoms with Crippen LogP contribution in [0.3, 0.4) is 0 Å². The average molecular weight is 505 g/mol. The van der Waals surface area contributed by atoms with Gasteiger partial charge in [-0.1, -0.05) is 30.3 Å². The number of nitrogens with one attached hydrogen (secondary N) is 1. The molecule has 2 amide bonds. The van der Waals surface area contributed by atoms with Gasteiger partial charge < -0.3 is 19.5 Å². The van der Waals surface area contributed by atoms with Gasteiger partial charge in [0.2, 0.25) is 0 Å². The molecule has 1 atom stereocenters. The molecule has 0 bridgehead atoms. The van der Waals surface area contributed by atoms with E-state index in [2.05, 4.69) is 5.32 Å². The van der Waals surface area contributed by atoms with Crippen LogP contribution in [0.5, 0.6) is 17.2 Å². The fourth-order valence-corrected chi connectivity index (χ4v) is 4.25. The lowest BCUT2D eigenvalue weighted by atomic mass is 9.94. The van der Waals surface area contributed by atoms with Gasteiger partial charge in [0, 0.05) is 11.9 Å². The van der Waals surface area contributed by atoms with Crippen molar-refractivity contribution in [1.29, 1.82) is 0 Å². The van der Waals surface area contributed by atoms with Crippen LogP contribution in [-0.4, -0.2) is 43.4 Å². The summed E-state index contributed by atoms with van der Waals surface area (Å²) in [5, 5.41) is 2.92. The number of hydrogen-bond acceptors (Lipinski definition) is 6. The topological polar surface area (TPSA) is 77.1 Å². The van der Waals surface area contributed by atoms with E-state index < -0.39 is 12.0 Å². The number of benzene rings is 3. The van der Waals surface area contributed by atoms with Crippen LogP contribution in [0, 0.1) is 0 Å². The summed E-state index contributed by atoms with van der Waals surface area (Å²) in [6, 6.07) is 23.3. The van der Waals surface area contributed by atoms with Crippen molar-refractivity contribution in [2.75, 3.05) is 26.5 Å². The second kappa shape index (κ2) is 11.7. The first-order valence-corrected chi connectivity index (χ1v) is 12.8. The molecule has 0 fully saturated rings. The number of thioether (sulfide) groups is 1. The number of carbonyl (C=O) groups excluding carboxylic acids is 2. The molecular weight excluding hydrogens is 476 g/mol. The van der Waals surface area contributed by atoms with E-state index in [0.29, 0.717) is 34.1 Å². The molecule has 0 spiro atoms. The van der Waals surface area contributed by atoms with Crippen LogP contribution >= 0.6 is 11.8 Å². The first-order chi connectivity index (χ1) is 17.5. The highest BCUT2D eigenvalue weighted by atomic mass is 32.2. The van der Waals surface area contributed by atoms with Crippen molar-refractivity contribution in [2.24, 2.45) is 0 Å². The summed E-state index contributed by atoms with van der Waals surface area (Å²) in [4.78, 5) is 28.6. The molecule has 36 heavy (non-hydrogen) atoms. The molecule has 0 radical (unpaired) electrons. The number of nitrogens with zero attached hydrogens (tertiary/aromatic N) is 1. The minimum absolute atomic E-state index is 0.0212. The van der Waals surface area contributed by atoms with E-state index in [1.807, 2.05) is 85.1 Å². The fourth-order valence-electron chi connectivity index (χ4n) is 3.84. The van der Waals surface area contributed by atoms with Crippen LogP contribution in [0.15, 0.2) is 95.0 Å². The third-order valence-electron chi connectivity index (χ3n) is 5.68. The molecule has 0 aromatic heterocycles. The van der Waals surface area contributed by atoms with Crippen LogP contribution in [0.1, 0.15) is 18.5 Å². The molecule has 0 saturated carbocycles. The van der Waals surface area contributed by atoms with Gasteiger partial charge in [0.15, 0.2) is 0 Å². The van der Waals surface area contributed by atoms with Gasteiger partial charge in [-0.05, 0) is 67.3 Å². The Kier molecular flexibility index (Phi) is 8.17.